The molecular weight excluding hydrogens is 420 g/mol. The summed E-state index contributed by atoms with van der Waals surface area (Å²) >= 11 is 3.40. The van der Waals surface area contributed by atoms with Crippen molar-refractivity contribution in [3.8, 4) is 11.5 Å². The number of hydrogen-bond donors (Lipinski definition) is 1. The topological polar surface area (TPSA) is 59.9 Å². The number of hydrogen-bond acceptors (Lipinski definition) is 4. The Morgan fingerprint density at radius 1 is 1.07 bits per heavy atom. The number of nitrogens with one attached hydrogen (secondary N) is 1. The summed E-state index contributed by atoms with van der Waals surface area (Å²) in [6.45, 7) is 0.477. The van der Waals surface area contributed by atoms with Gasteiger partial charge in [-0.2, -0.15) is 5.10 Å². The lowest BCUT2D eigenvalue weighted by Crippen LogP contribution is -2.17. The summed E-state index contributed by atoms with van der Waals surface area (Å²) in [6, 6.07) is 22.4. The third kappa shape index (κ3) is 5.44. The van der Waals surface area contributed by atoms with Gasteiger partial charge in [-0.1, -0.05) is 46.3 Å². The molecule has 3 rings (SSSR count). The summed E-state index contributed by atoms with van der Waals surface area (Å²) in [5, 5.41) is 4.01. The SMILES string of the molecule is COc1ccc(Br)cc1/C=N/NC(=O)c1ccc(OCc2ccccc2)cc1. The van der Waals surface area contributed by atoms with Crippen molar-refractivity contribution in [1.29, 1.82) is 0 Å². The highest BCUT2D eigenvalue weighted by Crippen LogP contribution is 2.21. The second-order valence-corrected chi connectivity index (χ2v) is 6.80. The highest BCUT2D eigenvalue weighted by atomic mass is 79.9. The van der Waals surface area contributed by atoms with Crippen molar-refractivity contribution < 1.29 is 14.3 Å². The minimum atomic E-state index is -0.306. The van der Waals surface area contributed by atoms with E-state index in [0.29, 0.717) is 23.7 Å². The normalized spacial score (nSPS) is 10.6. The molecule has 0 aliphatic rings. The molecule has 6 heteroatoms. The van der Waals surface area contributed by atoms with Crippen LogP contribution in [0, 0.1) is 0 Å². The molecule has 3 aromatic rings. The van der Waals surface area contributed by atoms with Crippen LogP contribution in [-0.4, -0.2) is 19.2 Å². The van der Waals surface area contributed by atoms with E-state index in [9.17, 15) is 4.79 Å². The second-order valence-electron chi connectivity index (χ2n) is 5.88. The van der Waals surface area contributed by atoms with Crippen molar-refractivity contribution in [3.63, 3.8) is 0 Å². The lowest BCUT2D eigenvalue weighted by molar-refractivity contribution is 0.0955. The van der Waals surface area contributed by atoms with Crippen molar-refractivity contribution in [3.05, 3.63) is 94.0 Å². The summed E-state index contributed by atoms with van der Waals surface area (Å²) in [6.07, 6.45) is 1.54. The van der Waals surface area contributed by atoms with Gasteiger partial charge in [0.05, 0.1) is 13.3 Å². The minimum absolute atomic E-state index is 0.306. The summed E-state index contributed by atoms with van der Waals surface area (Å²) in [4.78, 5) is 12.2. The van der Waals surface area contributed by atoms with Crippen molar-refractivity contribution >= 4 is 28.1 Å². The molecule has 1 amide bonds. The number of hydrazone groups is 1. The zero-order valence-electron chi connectivity index (χ0n) is 15.3. The molecule has 28 heavy (non-hydrogen) atoms. The van der Waals surface area contributed by atoms with Crippen LogP contribution in [0.4, 0.5) is 0 Å². The van der Waals surface area contributed by atoms with Gasteiger partial charge in [0.2, 0.25) is 0 Å². The van der Waals surface area contributed by atoms with Gasteiger partial charge in [-0.15, -0.1) is 0 Å². The van der Waals surface area contributed by atoms with E-state index in [1.807, 2.05) is 48.5 Å². The number of carbonyl (C=O) groups excluding carboxylic acids is 1. The molecule has 0 radical (unpaired) electrons. The van der Waals surface area contributed by atoms with Gasteiger partial charge in [0.1, 0.15) is 18.1 Å². The maximum atomic E-state index is 12.2. The number of benzene rings is 3. The van der Waals surface area contributed by atoms with Crippen LogP contribution >= 0.6 is 15.9 Å². The molecule has 0 aliphatic carbocycles. The maximum Gasteiger partial charge on any atom is 0.271 e. The van der Waals surface area contributed by atoms with Crippen LogP contribution in [0.25, 0.3) is 0 Å². The molecule has 0 unspecified atom stereocenters. The van der Waals surface area contributed by atoms with E-state index in [2.05, 4.69) is 26.5 Å². The molecule has 0 saturated heterocycles. The first-order chi connectivity index (χ1) is 13.7. The largest absolute Gasteiger partial charge is 0.496 e. The van der Waals surface area contributed by atoms with Crippen molar-refractivity contribution in [2.75, 3.05) is 7.11 Å². The average molecular weight is 439 g/mol. The van der Waals surface area contributed by atoms with Gasteiger partial charge in [0, 0.05) is 15.6 Å². The molecule has 3 aromatic carbocycles. The second kappa shape index (κ2) is 9.71. The number of nitrogens with zero attached hydrogens (tertiary/aromatic N) is 1. The number of amides is 1. The Kier molecular flexibility index (Phi) is 6.81. The molecule has 0 bridgehead atoms. The molecule has 0 saturated carbocycles. The summed E-state index contributed by atoms with van der Waals surface area (Å²) in [5.74, 6) is 1.06. The lowest BCUT2D eigenvalue weighted by Gasteiger charge is -2.07. The van der Waals surface area contributed by atoms with Gasteiger partial charge >= 0.3 is 0 Å². The fourth-order valence-electron chi connectivity index (χ4n) is 2.47. The van der Waals surface area contributed by atoms with E-state index < -0.39 is 0 Å². The molecule has 0 fully saturated rings. The third-order valence-electron chi connectivity index (χ3n) is 3.93. The van der Waals surface area contributed by atoms with E-state index in [1.165, 1.54) is 0 Å². The average Bonchev–Trinajstić information content (AvgIpc) is 2.73. The Morgan fingerprint density at radius 3 is 2.54 bits per heavy atom. The predicted octanol–water partition coefficient (Wildman–Crippen LogP) is 4.80. The fourth-order valence-corrected chi connectivity index (χ4v) is 2.85. The van der Waals surface area contributed by atoms with Crippen LogP contribution in [0.5, 0.6) is 11.5 Å². The van der Waals surface area contributed by atoms with Crippen LogP contribution in [0.2, 0.25) is 0 Å². The first kappa shape index (κ1) is 19.6. The first-order valence-corrected chi connectivity index (χ1v) is 9.39. The predicted molar refractivity (Wildman–Crippen MR) is 113 cm³/mol. The van der Waals surface area contributed by atoms with E-state index in [4.69, 9.17) is 9.47 Å². The summed E-state index contributed by atoms with van der Waals surface area (Å²) in [7, 11) is 1.58. The smallest absolute Gasteiger partial charge is 0.271 e. The van der Waals surface area contributed by atoms with Crippen LogP contribution in [-0.2, 0) is 6.61 Å². The monoisotopic (exact) mass is 438 g/mol. The van der Waals surface area contributed by atoms with Crippen molar-refractivity contribution in [2.24, 2.45) is 5.10 Å². The van der Waals surface area contributed by atoms with E-state index in [1.54, 1.807) is 37.6 Å². The van der Waals surface area contributed by atoms with E-state index in [0.717, 1.165) is 15.6 Å². The fraction of sp³-hybridized carbons (Fsp3) is 0.0909. The number of rotatable bonds is 7. The molecule has 142 valence electrons. The molecular formula is C22H19BrN2O3. The van der Waals surface area contributed by atoms with Crippen LogP contribution in [0.1, 0.15) is 21.5 Å². The van der Waals surface area contributed by atoms with Crippen LogP contribution in [0.3, 0.4) is 0 Å². The Morgan fingerprint density at radius 2 is 1.82 bits per heavy atom. The lowest BCUT2D eigenvalue weighted by atomic mass is 10.2. The van der Waals surface area contributed by atoms with Gasteiger partial charge in [0.25, 0.3) is 5.91 Å². The standard InChI is InChI=1S/C22H19BrN2O3/c1-27-21-12-9-19(23)13-18(21)14-24-25-22(26)17-7-10-20(11-8-17)28-15-16-5-3-2-4-6-16/h2-14H,15H2,1H3,(H,25,26)/b24-14+. The maximum absolute atomic E-state index is 12.2. The van der Waals surface area contributed by atoms with Gasteiger partial charge in [-0.05, 0) is 48.0 Å². The quantitative estimate of drug-likeness (QED) is 0.425. The van der Waals surface area contributed by atoms with Crippen molar-refractivity contribution in [2.45, 2.75) is 6.61 Å². The zero-order valence-corrected chi connectivity index (χ0v) is 16.8. The Balaban J connectivity index is 1.57. The molecule has 0 aliphatic heterocycles. The Labute approximate surface area is 172 Å². The Bertz CT molecular complexity index is 957. The molecule has 0 atom stereocenters. The van der Waals surface area contributed by atoms with Gasteiger partial charge in [-0.3, -0.25) is 4.79 Å². The van der Waals surface area contributed by atoms with E-state index >= 15 is 0 Å². The first-order valence-electron chi connectivity index (χ1n) is 8.59. The number of halogens is 1. The van der Waals surface area contributed by atoms with Gasteiger partial charge in [-0.25, -0.2) is 5.43 Å². The van der Waals surface area contributed by atoms with Crippen molar-refractivity contribution in [1.82, 2.24) is 5.43 Å². The highest BCUT2D eigenvalue weighted by molar-refractivity contribution is 9.10. The number of ether oxygens (including phenoxy) is 2. The van der Waals surface area contributed by atoms with Gasteiger partial charge < -0.3 is 9.47 Å². The van der Waals surface area contributed by atoms with E-state index in [-0.39, 0.29) is 5.91 Å². The number of methoxy groups -OCH3 is 1. The van der Waals surface area contributed by atoms with Crippen LogP contribution < -0.4 is 14.9 Å². The van der Waals surface area contributed by atoms with Crippen LogP contribution in [0.15, 0.2) is 82.4 Å². The molecule has 0 heterocycles. The molecule has 1 N–H and O–H groups in total. The molecule has 5 nitrogen and oxygen atoms in total. The highest BCUT2D eigenvalue weighted by Gasteiger charge is 2.05. The van der Waals surface area contributed by atoms with Gasteiger partial charge in [0.15, 0.2) is 0 Å². The zero-order chi connectivity index (χ0) is 19.8. The number of carbonyl (C=O) groups is 1. The Hall–Kier alpha value is -3.12. The third-order valence-corrected chi connectivity index (χ3v) is 4.42. The summed E-state index contributed by atoms with van der Waals surface area (Å²) in [5.41, 5.74) is 4.84. The molecule has 0 spiro atoms. The molecule has 0 aromatic heterocycles. The summed E-state index contributed by atoms with van der Waals surface area (Å²) < 4.78 is 11.9. The minimum Gasteiger partial charge on any atom is -0.496 e.